The minimum absolute atomic E-state index is 0.188. The summed E-state index contributed by atoms with van der Waals surface area (Å²) in [5, 5.41) is 8.10. The molecule has 27 heavy (non-hydrogen) atoms. The van der Waals surface area contributed by atoms with E-state index in [4.69, 9.17) is 17.0 Å². The van der Waals surface area contributed by atoms with Crippen LogP contribution in [0, 0.1) is 0 Å². The van der Waals surface area contributed by atoms with Crippen LogP contribution < -0.4 is 20.5 Å². The lowest BCUT2D eigenvalue weighted by Gasteiger charge is -2.23. The van der Waals surface area contributed by atoms with Gasteiger partial charge in [-0.3, -0.25) is 10.2 Å². The Bertz CT molecular complexity index is 703. The zero-order chi connectivity index (χ0) is 19.1. The number of nitrogens with one attached hydrogen (secondary N) is 3. The summed E-state index contributed by atoms with van der Waals surface area (Å²) in [6.07, 6.45) is 1.55. The number of hydrogen-bond acceptors (Lipinski definition) is 4. The van der Waals surface area contributed by atoms with E-state index in [0.717, 1.165) is 69.3 Å². The number of amides is 1. The number of rotatable bonds is 6. The zero-order valence-corrected chi connectivity index (χ0v) is 16.6. The third kappa shape index (κ3) is 5.72. The van der Waals surface area contributed by atoms with Gasteiger partial charge in [-0.2, -0.15) is 5.10 Å². The van der Waals surface area contributed by atoms with Gasteiger partial charge in [-0.25, -0.2) is 0 Å². The first-order valence-electron chi connectivity index (χ1n) is 9.54. The number of anilines is 1. The Morgan fingerprint density at radius 1 is 1.37 bits per heavy atom. The van der Waals surface area contributed by atoms with Gasteiger partial charge in [0.25, 0.3) is 0 Å². The van der Waals surface area contributed by atoms with Crippen molar-refractivity contribution in [1.82, 2.24) is 10.7 Å². The highest BCUT2D eigenvalue weighted by Gasteiger charge is 2.21. The maximum Gasteiger partial charge on any atom is 0.227 e. The van der Waals surface area contributed by atoms with Crippen molar-refractivity contribution in [2.75, 3.05) is 50.8 Å². The Labute approximate surface area is 165 Å². The lowest BCUT2D eigenvalue weighted by Crippen LogP contribution is -3.14. The summed E-state index contributed by atoms with van der Waals surface area (Å²) in [4.78, 5) is 15.3. The van der Waals surface area contributed by atoms with Crippen LogP contribution >= 0.6 is 12.2 Å². The van der Waals surface area contributed by atoms with E-state index in [-0.39, 0.29) is 5.91 Å². The van der Waals surface area contributed by atoms with Crippen molar-refractivity contribution in [3.05, 3.63) is 29.8 Å². The lowest BCUT2D eigenvalue weighted by molar-refractivity contribution is -0.906. The molecule has 0 spiro atoms. The first-order valence-corrected chi connectivity index (χ1v) is 9.94. The molecule has 3 N–H and O–H groups in total. The fourth-order valence-electron chi connectivity index (χ4n) is 3.32. The summed E-state index contributed by atoms with van der Waals surface area (Å²) in [6, 6.07) is 7.91. The molecule has 1 amide bonds. The van der Waals surface area contributed by atoms with Gasteiger partial charge in [0, 0.05) is 18.7 Å². The molecule has 0 radical (unpaired) electrons. The van der Waals surface area contributed by atoms with Gasteiger partial charge in [-0.15, -0.1) is 0 Å². The summed E-state index contributed by atoms with van der Waals surface area (Å²) in [7, 11) is 0. The number of carbonyl (C=O) groups excluding carboxylic acids is 1. The van der Waals surface area contributed by atoms with Crippen molar-refractivity contribution in [3.8, 4) is 0 Å². The van der Waals surface area contributed by atoms with Crippen molar-refractivity contribution in [2.24, 2.45) is 5.10 Å². The van der Waals surface area contributed by atoms with Gasteiger partial charge >= 0.3 is 0 Å². The fourth-order valence-corrected chi connectivity index (χ4v) is 3.47. The van der Waals surface area contributed by atoms with Crippen LogP contribution in [0.4, 0.5) is 5.69 Å². The van der Waals surface area contributed by atoms with Crippen molar-refractivity contribution >= 4 is 34.6 Å². The van der Waals surface area contributed by atoms with Crippen LogP contribution in [0.2, 0.25) is 0 Å². The number of thiocarbonyl (C=S) groups is 1. The van der Waals surface area contributed by atoms with E-state index in [9.17, 15) is 4.79 Å². The second-order valence-corrected chi connectivity index (χ2v) is 7.28. The predicted octanol–water partition coefficient (Wildman–Crippen LogP) is -0.0834. The van der Waals surface area contributed by atoms with Crippen LogP contribution in [0.15, 0.2) is 29.4 Å². The molecule has 1 aromatic carbocycles. The van der Waals surface area contributed by atoms with E-state index < -0.39 is 0 Å². The van der Waals surface area contributed by atoms with Gasteiger partial charge in [-0.05, 0) is 43.3 Å². The minimum atomic E-state index is 0.188. The number of hydrazone groups is 1. The second-order valence-electron chi connectivity index (χ2n) is 6.88. The summed E-state index contributed by atoms with van der Waals surface area (Å²) >= 11 is 5.30. The molecule has 2 fully saturated rings. The molecule has 2 heterocycles. The number of ether oxygens (including phenoxy) is 1. The Balaban J connectivity index is 1.48. The van der Waals surface area contributed by atoms with Crippen molar-refractivity contribution < 1.29 is 14.4 Å². The highest BCUT2D eigenvalue weighted by molar-refractivity contribution is 7.80. The molecule has 3 rings (SSSR count). The molecule has 0 unspecified atom stereocenters. The summed E-state index contributed by atoms with van der Waals surface area (Å²) in [5.41, 5.74) is 5.64. The van der Waals surface area contributed by atoms with Crippen molar-refractivity contribution in [1.29, 1.82) is 0 Å². The van der Waals surface area contributed by atoms with Gasteiger partial charge in [-0.1, -0.05) is 12.1 Å². The number of benzene rings is 1. The SMILES string of the molecule is C/C(=N/NC(=S)NCC[NH+]1CCOCC1)c1cccc(N2CCCC2=O)c1. The molecule has 0 aliphatic carbocycles. The second kappa shape index (κ2) is 9.77. The number of quaternary nitrogens is 1. The van der Waals surface area contributed by atoms with E-state index in [1.165, 1.54) is 4.90 Å². The van der Waals surface area contributed by atoms with Crippen LogP contribution in [0.3, 0.4) is 0 Å². The van der Waals surface area contributed by atoms with Crippen LogP contribution in [0.5, 0.6) is 0 Å². The minimum Gasteiger partial charge on any atom is -0.370 e. The van der Waals surface area contributed by atoms with Gasteiger partial charge in [0.2, 0.25) is 5.91 Å². The molecular weight excluding hydrogens is 362 g/mol. The molecule has 2 saturated heterocycles. The Hall–Kier alpha value is -2.03. The average Bonchev–Trinajstić information content (AvgIpc) is 3.13. The fraction of sp³-hybridized carbons (Fsp3) is 0.526. The van der Waals surface area contributed by atoms with E-state index in [0.29, 0.717) is 11.5 Å². The van der Waals surface area contributed by atoms with E-state index in [2.05, 4.69) is 15.8 Å². The smallest absolute Gasteiger partial charge is 0.227 e. The zero-order valence-electron chi connectivity index (χ0n) is 15.8. The highest BCUT2D eigenvalue weighted by Crippen LogP contribution is 2.22. The maximum absolute atomic E-state index is 11.9. The molecule has 8 heteroatoms. The molecule has 0 bridgehead atoms. The number of carbonyl (C=O) groups is 1. The quantitative estimate of drug-likeness (QED) is 0.360. The van der Waals surface area contributed by atoms with Crippen molar-refractivity contribution in [3.63, 3.8) is 0 Å². The van der Waals surface area contributed by atoms with E-state index >= 15 is 0 Å². The summed E-state index contributed by atoms with van der Waals surface area (Å²) in [6.45, 7) is 8.31. The molecule has 2 aliphatic rings. The van der Waals surface area contributed by atoms with Crippen LogP contribution in [0.1, 0.15) is 25.3 Å². The average molecular weight is 391 g/mol. The largest absolute Gasteiger partial charge is 0.370 e. The highest BCUT2D eigenvalue weighted by atomic mass is 32.1. The standard InChI is InChI=1S/C19H27N5O2S/c1-15(16-4-2-5-17(14-16)24-8-3-6-18(24)25)21-22-19(27)20-7-9-23-10-12-26-13-11-23/h2,4-5,14H,3,6-13H2,1H3,(H2,20,22,27)/p+1/b21-15-. The van der Waals surface area contributed by atoms with Crippen molar-refractivity contribution in [2.45, 2.75) is 19.8 Å². The maximum atomic E-state index is 11.9. The van der Waals surface area contributed by atoms with Gasteiger partial charge < -0.3 is 19.9 Å². The molecule has 0 atom stereocenters. The van der Waals surface area contributed by atoms with Gasteiger partial charge in [0.05, 0.1) is 32.0 Å². The molecule has 146 valence electrons. The summed E-state index contributed by atoms with van der Waals surface area (Å²) in [5.74, 6) is 0.188. The topological polar surface area (TPSA) is 70.4 Å². The molecule has 0 aromatic heterocycles. The Morgan fingerprint density at radius 2 is 2.19 bits per heavy atom. The molecule has 7 nitrogen and oxygen atoms in total. The van der Waals surface area contributed by atoms with E-state index in [1.807, 2.05) is 36.1 Å². The monoisotopic (exact) mass is 390 g/mol. The normalized spacial score (nSPS) is 18.6. The molecular formula is C19H28N5O2S+. The van der Waals surface area contributed by atoms with Gasteiger partial charge in [0.1, 0.15) is 13.1 Å². The Kier molecular flexibility index (Phi) is 7.14. The predicted molar refractivity (Wildman–Crippen MR) is 110 cm³/mol. The summed E-state index contributed by atoms with van der Waals surface area (Å²) < 4.78 is 5.36. The first-order chi connectivity index (χ1) is 13.1. The third-order valence-electron chi connectivity index (χ3n) is 4.94. The lowest BCUT2D eigenvalue weighted by atomic mass is 10.1. The molecule has 1 aromatic rings. The van der Waals surface area contributed by atoms with E-state index in [1.54, 1.807) is 0 Å². The van der Waals surface area contributed by atoms with Crippen LogP contribution in [-0.4, -0.2) is 62.7 Å². The van der Waals surface area contributed by atoms with Crippen LogP contribution in [-0.2, 0) is 9.53 Å². The first kappa shape index (κ1) is 19.7. The third-order valence-corrected chi connectivity index (χ3v) is 5.17. The Morgan fingerprint density at radius 3 is 2.93 bits per heavy atom. The molecule has 0 saturated carbocycles. The van der Waals surface area contributed by atoms with Crippen LogP contribution in [0.25, 0.3) is 0 Å². The number of hydrogen-bond donors (Lipinski definition) is 3. The van der Waals surface area contributed by atoms with Gasteiger partial charge in [0.15, 0.2) is 5.11 Å². The number of morpholine rings is 1. The number of nitrogens with zero attached hydrogens (tertiary/aromatic N) is 2. The molecule has 2 aliphatic heterocycles.